The zero-order valence-corrected chi connectivity index (χ0v) is 7.19. The summed E-state index contributed by atoms with van der Waals surface area (Å²) in [6.07, 6.45) is -4.01. The molecule has 76 valence electrons. The molecular formula is C7H11O6-. The van der Waals surface area contributed by atoms with Crippen molar-refractivity contribution in [1.29, 1.82) is 0 Å². The number of hydrogen-bond donors (Lipinski definition) is 1. The maximum absolute atomic E-state index is 9.75. The molecule has 0 radical (unpaired) electrons. The van der Waals surface area contributed by atoms with Crippen molar-refractivity contribution in [3.8, 4) is 0 Å². The lowest BCUT2D eigenvalue weighted by atomic mass is 10.4. The monoisotopic (exact) mass is 191 g/mol. The number of rotatable bonds is 3. The van der Waals surface area contributed by atoms with Gasteiger partial charge in [0.1, 0.15) is 6.61 Å². The molecule has 0 aliphatic rings. The summed E-state index contributed by atoms with van der Waals surface area (Å²) in [6.45, 7) is 7.02. The predicted molar refractivity (Wildman–Crippen MR) is 41.2 cm³/mol. The van der Waals surface area contributed by atoms with E-state index in [-0.39, 0.29) is 6.61 Å². The molecule has 0 aliphatic carbocycles. The molecule has 0 aromatic carbocycles. The van der Waals surface area contributed by atoms with Gasteiger partial charge in [0.25, 0.3) is 6.16 Å². The fourth-order valence-electron chi connectivity index (χ4n) is 0.387. The third-order valence-electron chi connectivity index (χ3n) is 0.739. The Morgan fingerprint density at radius 1 is 1.54 bits per heavy atom. The van der Waals surface area contributed by atoms with Crippen LogP contribution in [0, 0.1) is 0 Å². The van der Waals surface area contributed by atoms with Gasteiger partial charge in [-0.25, -0.2) is 4.79 Å². The largest absolute Gasteiger partial charge is 0.543 e. The molecule has 0 fully saturated rings. The van der Waals surface area contributed by atoms with Crippen LogP contribution >= 0.6 is 0 Å². The van der Waals surface area contributed by atoms with Crippen LogP contribution in [-0.4, -0.2) is 30.1 Å². The summed E-state index contributed by atoms with van der Waals surface area (Å²) in [5, 5.41) is 17.7. The van der Waals surface area contributed by atoms with Gasteiger partial charge in [-0.15, -0.1) is 13.2 Å². The molecule has 0 heterocycles. The van der Waals surface area contributed by atoms with E-state index in [9.17, 15) is 14.7 Å². The van der Waals surface area contributed by atoms with Crippen molar-refractivity contribution < 1.29 is 29.3 Å². The Balaban J connectivity index is 0. The normalized spacial score (nSPS) is 10.2. The highest BCUT2D eigenvalue weighted by atomic mass is 16.7. The molecule has 0 amide bonds. The van der Waals surface area contributed by atoms with Gasteiger partial charge >= 0.3 is 6.16 Å². The van der Waals surface area contributed by atoms with Crippen LogP contribution in [0.3, 0.4) is 0 Å². The lowest BCUT2D eigenvalue weighted by molar-refractivity contribution is -0.287. The molecule has 0 aromatic rings. The van der Waals surface area contributed by atoms with Gasteiger partial charge in [-0.2, -0.15) is 0 Å². The SMILES string of the molecule is C=C.CC(COC(=O)O)OC(=O)[O-]. The molecule has 0 rings (SSSR count). The molecule has 0 saturated carbocycles. The van der Waals surface area contributed by atoms with Crippen molar-refractivity contribution in [2.75, 3.05) is 6.61 Å². The molecule has 0 aromatic heterocycles. The minimum atomic E-state index is -1.70. The van der Waals surface area contributed by atoms with Gasteiger partial charge in [-0.3, -0.25) is 0 Å². The molecule has 13 heavy (non-hydrogen) atoms. The van der Waals surface area contributed by atoms with Gasteiger partial charge in [0.15, 0.2) is 0 Å². The predicted octanol–water partition coefficient (Wildman–Crippen LogP) is 0.232. The highest BCUT2D eigenvalue weighted by molar-refractivity contribution is 5.57. The third kappa shape index (κ3) is 13.3. The molecule has 0 aliphatic heterocycles. The van der Waals surface area contributed by atoms with Crippen LogP contribution in [0.15, 0.2) is 13.2 Å². The van der Waals surface area contributed by atoms with E-state index >= 15 is 0 Å². The first-order valence-corrected chi connectivity index (χ1v) is 3.25. The summed E-state index contributed by atoms with van der Waals surface area (Å²) < 4.78 is 8.02. The Labute approximate surface area is 75.4 Å². The Bertz CT molecular complexity index is 166. The average Bonchev–Trinajstić information content (AvgIpc) is 2.03. The van der Waals surface area contributed by atoms with Crippen molar-refractivity contribution in [1.82, 2.24) is 0 Å². The van der Waals surface area contributed by atoms with Crippen LogP contribution in [0.2, 0.25) is 0 Å². The lowest BCUT2D eigenvalue weighted by Crippen LogP contribution is -2.30. The van der Waals surface area contributed by atoms with E-state index in [1.807, 2.05) is 0 Å². The van der Waals surface area contributed by atoms with E-state index in [4.69, 9.17) is 5.11 Å². The Morgan fingerprint density at radius 2 is 2.00 bits per heavy atom. The highest BCUT2D eigenvalue weighted by Gasteiger charge is 2.02. The molecule has 6 heteroatoms. The molecular weight excluding hydrogens is 180 g/mol. The molecule has 6 nitrogen and oxygen atoms in total. The van der Waals surface area contributed by atoms with E-state index in [0.29, 0.717) is 0 Å². The first kappa shape index (κ1) is 13.8. The van der Waals surface area contributed by atoms with Gasteiger partial charge in [0.2, 0.25) is 0 Å². The maximum Gasteiger partial charge on any atom is 0.505 e. The molecule has 0 saturated heterocycles. The number of carbonyl (C=O) groups is 2. The Kier molecular flexibility index (Phi) is 8.92. The van der Waals surface area contributed by atoms with Crippen LogP contribution in [0.5, 0.6) is 0 Å². The van der Waals surface area contributed by atoms with E-state index < -0.39 is 18.4 Å². The summed E-state index contributed by atoms with van der Waals surface area (Å²) in [6, 6.07) is 0. The van der Waals surface area contributed by atoms with Crippen LogP contribution < -0.4 is 5.11 Å². The van der Waals surface area contributed by atoms with Crippen LogP contribution in [0.25, 0.3) is 0 Å². The van der Waals surface area contributed by atoms with Gasteiger partial charge in [0.05, 0.1) is 6.10 Å². The zero-order valence-electron chi connectivity index (χ0n) is 7.19. The average molecular weight is 191 g/mol. The summed E-state index contributed by atoms with van der Waals surface area (Å²) in [5.41, 5.74) is 0. The standard InChI is InChI=1S/C5H8O6.C2H4/c1-3(11-5(8)9)2-10-4(6)7;1-2/h3H,2H2,1H3,(H,6,7)(H,8,9);1-2H2/p-1. The van der Waals surface area contributed by atoms with Crippen LogP contribution in [0.1, 0.15) is 6.92 Å². The smallest absolute Gasteiger partial charge is 0.505 e. The first-order valence-electron chi connectivity index (χ1n) is 3.25. The number of hydrogen-bond acceptors (Lipinski definition) is 5. The van der Waals surface area contributed by atoms with E-state index in [0.717, 1.165) is 0 Å². The second kappa shape index (κ2) is 8.38. The highest BCUT2D eigenvalue weighted by Crippen LogP contribution is 1.91. The minimum absolute atomic E-state index is 0.330. The fourth-order valence-corrected chi connectivity index (χ4v) is 0.387. The van der Waals surface area contributed by atoms with Crippen LogP contribution in [0.4, 0.5) is 9.59 Å². The van der Waals surface area contributed by atoms with Gasteiger partial charge in [-0.05, 0) is 6.92 Å². The second-order valence-corrected chi connectivity index (χ2v) is 1.76. The Hall–Kier alpha value is -1.72. The summed E-state index contributed by atoms with van der Waals surface area (Å²) in [4.78, 5) is 19.5. The maximum atomic E-state index is 9.75. The quantitative estimate of drug-likeness (QED) is 0.506. The zero-order chi connectivity index (χ0) is 10.9. The van der Waals surface area contributed by atoms with E-state index in [1.54, 1.807) is 0 Å². The van der Waals surface area contributed by atoms with Crippen molar-refractivity contribution in [2.45, 2.75) is 13.0 Å². The molecule has 0 bridgehead atoms. The first-order chi connectivity index (χ1) is 6.02. The molecule has 1 unspecified atom stereocenters. The molecule has 0 spiro atoms. The van der Waals surface area contributed by atoms with E-state index in [2.05, 4.69) is 22.6 Å². The third-order valence-corrected chi connectivity index (χ3v) is 0.739. The minimum Gasteiger partial charge on any atom is -0.543 e. The van der Waals surface area contributed by atoms with Crippen molar-refractivity contribution in [3.63, 3.8) is 0 Å². The second-order valence-electron chi connectivity index (χ2n) is 1.76. The molecule has 1 atom stereocenters. The summed E-state index contributed by atoms with van der Waals surface area (Å²) in [5.74, 6) is 0. The fraction of sp³-hybridized carbons (Fsp3) is 0.429. The summed E-state index contributed by atoms with van der Waals surface area (Å²) in [7, 11) is 0. The summed E-state index contributed by atoms with van der Waals surface area (Å²) >= 11 is 0. The Morgan fingerprint density at radius 3 is 2.31 bits per heavy atom. The van der Waals surface area contributed by atoms with E-state index in [1.165, 1.54) is 6.92 Å². The molecule has 1 N–H and O–H groups in total. The number of ether oxygens (including phenoxy) is 2. The van der Waals surface area contributed by atoms with Gasteiger partial charge in [-0.1, -0.05) is 0 Å². The lowest BCUT2D eigenvalue weighted by Gasteiger charge is -2.15. The van der Waals surface area contributed by atoms with Gasteiger partial charge in [0, 0.05) is 0 Å². The number of carboxylic acid groups (broad SMARTS) is 2. The van der Waals surface area contributed by atoms with Gasteiger partial charge < -0.3 is 24.5 Å². The topological polar surface area (TPSA) is 95.9 Å². The van der Waals surface area contributed by atoms with Crippen LogP contribution in [-0.2, 0) is 9.47 Å². The van der Waals surface area contributed by atoms with Crippen molar-refractivity contribution in [2.24, 2.45) is 0 Å². The van der Waals surface area contributed by atoms with Crippen molar-refractivity contribution >= 4 is 12.3 Å². The van der Waals surface area contributed by atoms with Crippen molar-refractivity contribution in [3.05, 3.63) is 13.2 Å². The number of carbonyl (C=O) groups excluding carboxylic acids is 1.